The molecule has 166 valence electrons. The summed E-state index contributed by atoms with van der Waals surface area (Å²) in [5.41, 5.74) is 0.357. The molecule has 1 aromatic carbocycles. The third-order valence-electron chi connectivity index (χ3n) is 4.75. The molecule has 0 spiro atoms. The number of ether oxygens (including phenoxy) is 5. The normalized spacial score (nSPS) is 11.8. The summed E-state index contributed by atoms with van der Waals surface area (Å²) >= 11 is 0. The number of benzene rings is 1. The number of hydrogen-bond acceptors (Lipinski definition) is 7. The second kappa shape index (κ2) is 10.3. The molecule has 2 aromatic heterocycles. The molecule has 0 bridgehead atoms. The van der Waals surface area contributed by atoms with Crippen LogP contribution < -0.4 is 29.2 Å². The number of hydrogen-bond donors (Lipinski definition) is 1. The van der Waals surface area contributed by atoms with Crippen molar-refractivity contribution in [3.8, 4) is 28.7 Å². The highest BCUT2D eigenvalue weighted by Gasteiger charge is 2.27. The lowest BCUT2D eigenvalue weighted by Crippen LogP contribution is -2.22. The van der Waals surface area contributed by atoms with Gasteiger partial charge in [0.05, 0.1) is 40.4 Å². The Hall–Kier alpha value is -3.07. The van der Waals surface area contributed by atoms with Crippen molar-refractivity contribution in [3.63, 3.8) is 0 Å². The summed E-state index contributed by atoms with van der Waals surface area (Å²) in [5, 5.41) is 0.799. The molecular formula is C22H27N2O6S+. The average molecular weight is 448 g/mol. The summed E-state index contributed by atoms with van der Waals surface area (Å²) < 4.78 is 27.5. The molecule has 0 aliphatic heterocycles. The molecule has 31 heavy (non-hydrogen) atoms. The van der Waals surface area contributed by atoms with Gasteiger partial charge in [0, 0.05) is 35.6 Å². The lowest BCUT2D eigenvalue weighted by atomic mass is 10.2. The Kier molecular flexibility index (Phi) is 7.51. The van der Waals surface area contributed by atoms with Crippen LogP contribution in [-0.4, -0.2) is 57.0 Å². The smallest absolute Gasteiger partial charge is 0.308 e. The standard InChI is InChI=1S/C22H26N2O6S/c1-26-16-12-14(13-17(27-2)19(16)29-4)30-10-7-11-31(5)20-18(28-3)15-8-6-9-23-21(15)24-22(20)25/h6,8-9,12-13H,7,10-11H2,1-5H3/p+1. The number of methoxy groups -OCH3 is 4. The van der Waals surface area contributed by atoms with Crippen LogP contribution in [0.4, 0.5) is 0 Å². The predicted octanol–water partition coefficient (Wildman–Crippen LogP) is 3.03. The molecule has 0 saturated carbocycles. The summed E-state index contributed by atoms with van der Waals surface area (Å²) in [6, 6.07) is 7.24. The van der Waals surface area contributed by atoms with E-state index >= 15 is 0 Å². The summed E-state index contributed by atoms with van der Waals surface area (Å²) in [7, 11) is 5.93. The second-order valence-corrected chi connectivity index (χ2v) is 8.71. The minimum Gasteiger partial charge on any atom is -0.493 e. The van der Waals surface area contributed by atoms with Crippen molar-refractivity contribution in [1.29, 1.82) is 0 Å². The molecule has 8 nitrogen and oxygen atoms in total. The van der Waals surface area contributed by atoms with E-state index in [1.807, 2.05) is 18.4 Å². The van der Waals surface area contributed by atoms with Crippen molar-refractivity contribution in [2.75, 3.05) is 47.1 Å². The molecule has 3 rings (SSSR count). The molecule has 0 radical (unpaired) electrons. The number of aromatic amines is 1. The number of pyridine rings is 2. The van der Waals surface area contributed by atoms with Crippen molar-refractivity contribution in [3.05, 3.63) is 40.8 Å². The summed E-state index contributed by atoms with van der Waals surface area (Å²) in [5.74, 6) is 3.57. The van der Waals surface area contributed by atoms with Gasteiger partial charge in [0.1, 0.15) is 23.4 Å². The monoisotopic (exact) mass is 447 g/mol. The van der Waals surface area contributed by atoms with Crippen LogP contribution in [0.5, 0.6) is 28.7 Å². The SMILES string of the molecule is COc1cc(OCCC[S+](C)c2c(OC)c3cccnc3[nH]c2=O)cc(OC)c1OC. The molecule has 0 saturated heterocycles. The largest absolute Gasteiger partial charge is 0.493 e. The van der Waals surface area contributed by atoms with Crippen LogP contribution in [0, 0.1) is 0 Å². The first-order valence-corrected chi connectivity index (χ1v) is 11.4. The summed E-state index contributed by atoms with van der Waals surface area (Å²) in [6.45, 7) is 0.478. The van der Waals surface area contributed by atoms with E-state index in [9.17, 15) is 4.79 Å². The van der Waals surface area contributed by atoms with Crippen LogP contribution in [0.1, 0.15) is 6.42 Å². The summed E-state index contributed by atoms with van der Waals surface area (Å²) in [6.07, 6.45) is 4.43. The van der Waals surface area contributed by atoms with Gasteiger partial charge in [-0.15, -0.1) is 0 Å². The van der Waals surface area contributed by atoms with Gasteiger partial charge >= 0.3 is 5.56 Å². The number of aromatic nitrogens is 2. The van der Waals surface area contributed by atoms with E-state index < -0.39 is 0 Å². The van der Waals surface area contributed by atoms with E-state index in [1.54, 1.807) is 46.8 Å². The molecule has 1 atom stereocenters. The van der Waals surface area contributed by atoms with Crippen LogP contribution in [0.25, 0.3) is 11.0 Å². The average Bonchev–Trinajstić information content (AvgIpc) is 2.79. The van der Waals surface area contributed by atoms with Crippen LogP contribution in [0.3, 0.4) is 0 Å². The van der Waals surface area contributed by atoms with Crippen molar-refractivity contribution in [1.82, 2.24) is 9.97 Å². The van der Waals surface area contributed by atoms with E-state index in [4.69, 9.17) is 23.7 Å². The fourth-order valence-electron chi connectivity index (χ4n) is 3.30. The predicted molar refractivity (Wildman–Crippen MR) is 122 cm³/mol. The first kappa shape index (κ1) is 22.6. The Morgan fingerprint density at radius 1 is 1.00 bits per heavy atom. The lowest BCUT2D eigenvalue weighted by molar-refractivity contribution is 0.299. The molecule has 1 unspecified atom stereocenters. The Labute approximate surface area is 183 Å². The Morgan fingerprint density at radius 2 is 1.68 bits per heavy atom. The van der Waals surface area contributed by atoms with Gasteiger partial charge in [-0.1, -0.05) is 0 Å². The molecule has 2 heterocycles. The Morgan fingerprint density at radius 3 is 2.29 bits per heavy atom. The van der Waals surface area contributed by atoms with Gasteiger partial charge in [-0.25, -0.2) is 4.98 Å². The molecule has 1 N–H and O–H groups in total. The van der Waals surface area contributed by atoms with Gasteiger partial charge in [0.15, 0.2) is 17.2 Å². The Balaban J connectivity index is 1.69. The Bertz CT molecular complexity index is 1080. The minimum absolute atomic E-state index is 0.167. The molecule has 0 aliphatic rings. The van der Waals surface area contributed by atoms with Gasteiger partial charge in [-0.3, -0.25) is 4.79 Å². The third-order valence-corrected chi connectivity index (χ3v) is 6.72. The van der Waals surface area contributed by atoms with E-state index in [1.165, 1.54) is 0 Å². The van der Waals surface area contributed by atoms with Gasteiger partial charge in [-0.2, -0.15) is 0 Å². The minimum atomic E-state index is -0.333. The quantitative estimate of drug-likeness (QED) is 0.377. The number of nitrogens with zero attached hydrogens (tertiary/aromatic N) is 1. The van der Waals surface area contributed by atoms with Gasteiger partial charge in [0.2, 0.25) is 5.75 Å². The second-order valence-electron chi connectivity index (χ2n) is 6.62. The van der Waals surface area contributed by atoms with E-state index in [0.29, 0.717) is 45.9 Å². The van der Waals surface area contributed by atoms with Gasteiger partial charge < -0.3 is 28.7 Å². The van der Waals surface area contributed by atoms with Crippen LogP contribution in [0.2, 0.25) is 0 Å². The van der Waals surface area contributed by atoms with Gasteiger partial charge in [0.25, 0.3) is 4.90 Å². The van der Waals surface area contributed by atoms with Crippen molar-refractivity contribution >= 4 is 21.9 Å². The zero-order valence-corrected chi connectivity index (χ0v) is 19.1. The lowest BCUT2D eigenvalue weighted by Gasteiger charge is -2.14. The highest BCUT2D eigenvalue weighted by atomic mass is 32.2. The van der Waals surface area contributed by atoms with E-state index in [2.05, 4.69) is 9.97 Å². The van der Waals surface area contributed by atoms with Crippen LogP contribution >= 0.6 is 0 Å². The highest BCUT2D eigenvalue weighted by Crippen LogP contribution is 2.40. The molecule has 3 aromatic rings. The topological polar surface area (TPSA) is 91.9 Å². The molecule has 0 fully saturated rings. The number of nitrogens with one attached hydrogen (secondary N) is 1. The maximum absolute atomic E-state index is 12.7. The van der Waals surface area contributed by atoms with Gasteiger partial charge in [-0.05, 0) is 12.1 Å². The number of fused-ring (bicyclic) bond motifs is 1. The van der Waals surface area contributed by atoms with Crippen LogP contribution in [0.15, 0.2) is 40.2 Å². The van der Waals surface area contributed by atoms with Crippen LogP contribution in [-0.2, 0) is 10.9 Å². The fraction of sp³-hybridized carbons (Fsp3) is 0.364. The molecule has 9 heteroatoms. The fourth-order valence-corrected chi connectivity index (χ4v) is 4.94. The summed E-state index contributed by atoms with van der Waals surface area (Å²) in [4.78, 5) is 20.4. The first-order chi connectivity index (χ1) is 15.0. The molecule has 0 aliphatic carbocycles. The van der Waals surface area contributed by atoms with E-state index in [0.717, 1.165) is 17.6 Å². The van der Waals surface area contributed by atoms with E-state index in [-0.39, 0.29) is 16.5 Å². The molecule has 0 amide bonds. The first-order valence-electron chi connectivity index (χ1n) is 9.64. The number of rotatable bonds is 10. The van der Waals surface area contributed by atoms with Crippen molar-refractivity contribution < 1.29 is 23.7 Å². The zero-order chi connectivity index (χ0) is 22.4. The van der Waals surface area contributed by atoms with Crippen molar-refractivity contribution in [2.45, 2.75) is 11.3 Å². The maximum Gasteiger partial charge on any atom is 0.308 e. The van der Waals surface area contributed by atoms with Crippen molar-refractivity contribution in [2.24, 2.45) is 0 Å². The highest BCUT2D eigenvalue weighted by molar-refractivity contribution is 7.96. The zero-order valence-electron chi connectivity index (χ0n) is 18.3. The third kappa shape index (κ3) is 4.82. The number of H-pyrrole nitrogens is 1. The molecular weight excluding hydrogens is 420 g/mol. The maximum atomic E-state index is 12.7.